The second-order valence-corrected chi connectivity index (χ2v) is 5.54. The molecule has 3 nitrogen and oxygen atoms in total. The number of nitrogens with one attached hydrogen (secondary N) is 1. The molecule has 0 aliphatic rings. The van der Waals surface area contributed by atoms with Crippen molar-refractivity contribution < 1.29 is 9.59 Å². The summed E-state index contributed by atoms with van der Waals surface area (Å²) in [5, 5.41) is 2.70. The summed E-state index contributed by atoms with van der Waals surface area (Å²) in [6.45, 7) is 9.06. The summed E-state index contributed by atoms with van der Waals surface area (Å²) in [7, 11) is 0. The van der Waals surface area contributed by atoms with Crippen LogP contribution in [-0.2, 0) is 16.0 Å². The molecule has 0 spiro atoms. The first-order valence-electron chi connectivity index (χ1n) is 7.73. The lowest BCUT2D eigenvalue weighted by Gasteiger charge is -2.12. The molecule has 2 rings (SSSR count). The molecule has 0 bridgehead atoms. The average Bonchev–Trinajstić information content (AvgIpc) is 2.61. The number of anilines is 1. The summed E-state index contributed by atoms with van der Waals surface area (Å²) in [6, 6.07) is 13.1. The van der Waals surface area contributed by atoms with Crippen LogP contribution < -0.4 is 5.32 Å². The van der Waals surface area contributed by atoms with Gasteiger partial charge in [-0.2, -0.15) is 0 Å². The Balaban J connectivity index is 2.37. The van der Waals surface area contributed by atoms with Gasteiger partial charge in [-0.05, 0) is 54.3 Å². The maximum absolute atomic E-state index is 11.7. The first kappa shape index (κ1) is 18.0. The minimum absolute atomic E-state index is 0.311. The van der Waals surface area contributed by atoms with E-state index in [1.165, 1.54) is 6.08 Å². The lowest BCUT2D eigenvalue weighted by Crippen LogP contribution is -2.12. The van der Waals surface area contributed by atoms with Gasteiger partial charge in [0.05, 0.1) is 5.69 Å². The Hall–Kier alpha value is -3.38. The van der Waals surface area contributed by atoms with E-state index in [1.54, 1.807) is 12.1 Å². The third-order valence-electron chi connectivity index (χ3n) is 3.44. The van der Waals surface area contributed by atoms with Gasteiger partial charge in [0.2, 0.25) is 12.2 Å². The molecule has 123 valence electrons. The van der Waals surface area contributed by atoms with Gasteiger partial charge in [0.1, 0.15) is 0 Å². The number of benzene rings is 2. The summed E-state index contributed by atoms with van der Waals surface area (Å²) in [5.41, 5.74) is 4.29. The van der Waals surface area contributed by atoms with E-state index in [9.17, 15) is 9.59 Å². The first-order chi connectivity index (χ1) is 12.0. The Kier molecular flexibility index (Phi) is 6.08. The number of allylic oxidation sites excluding steroid dienone is 1. The highest BCUT2D eigenvalue weighted by atomic mass is 16.1. The topological polar surface area (TPSA) is 46.2 Å². The highest BCUT2D eigenvalue weighted by molar-refractivity contribution is 6.02. The minimum atomic E-state index is -0.370. The lowest BCUT2D eigenvalue weighted by molar-refractivity contribution is -0.111. The molecule has 1 radical (unpaired) electrons. The first-order valence-corrected chi connectivity index (χ1v) is 7.73. The molecule has 1 amide bonds. The Morgan fingerprint density at radius 3 is 2.68 bits per heavy atom. The summed E-state index contributed by atoms with van der Waals surface area (Å²) < 4.78 is 0. The van der Waals surface area contributed by atoms with Crippen LogP contribution in [0.3, 0.4) is 0 Å². The van der Waals surface area contributed by atoms with Crippen LogP contribution in [0.5, 0.6) is 0 Å². The van der Waals surface area contributed by atoms with Crippen molar-refractivity contribution in [1.82, 2.24) is 0 Å². The van der Waals surface area contributed by atoms with Crippen molar-refractivity contribution in [3.05, 3.63) is 89.5 Å². The van der Waals surface area contributed by atoms with Crippen molar-refractivity contribution in [3.63, 3.8) is 0 Å². The van der Waals surface area contributed by atoms with Crippen LogP contribution in [0.4, 0.5) is 5.69 Å². The fraction of sp³-hybridized carbons (Fsp3) is 0.0909. The van der Waals surface area contributed by atoms with Crippen LogP contribution >= 0.6 is 0 Å². The SMILES string of the molecule is C=CC(=O)Nc1c([C]=O)cccc1Cc1cccc(C#CC(=C)C)c1. The van der Waals surface area contributed by atoms with Crippen molar-refractivity contribution in [2.24, 2.45) is 0 Å². The summed E-state index contributed by atoms with van der Waals surface area (Å²) in [5.74, 6) is 5.64. The van der Waals surface area contributed by atoms with E-state index in [2.05, 4.69) is 30.3 Å². The summed E-state index contributed by atoms with van der Waals surface area (Å²) in [4.78, 5) is 22.8. The van der Waals surface area contributed by atoms with Crippen molar-refractivity contribution in [2.75, 3.05) is 5.32 Å². The molecule has 0 fully saturated rings. The van der Waals surface area contributed by atoms with E-state index in [0.717, 1.165) is 22.3 Å². The molecule has 0 atom stereocenters. The Bertz CT molecular complexity index is 898. The van der Waals surface area contributed by atoms with E-state index >= 15 is 0 Å². The van der Waals surface area contributed by atoms with Gasteiger partial charge < -0.3 is 5.32 Å². The smallest absolute Gasteiger partial charge is 0.247 e. The highest BCUT2D eigenvalue weighted by Gasteiger charge is 2.11. The second kappa shape index (κ2) is 8.47. The van der Waals surface area contributed by atoms with Crippen LogP contribution in [0.25, 0.3) is 0 Å². The van der Waals surface area contributed by atoms with Crippen LogP contribution in [-0.4, -0.2) is 12.2 Å². The number of rotatable bonds is 5. The molecule has 25 heavy (non-hydrogen) atoms. The average molecular weight is 328 g/mol. The zero-order chi connectivity index (χ0) is 18.2. The molecular formula is C22H18NO2. The summed E-state index contributed by atoms with van der Waals surface area (Å²) >= 11 is 0. The maximum Gasteiger partial charge on any atom is 0.247 e. The zero-order valence-corrected chi connectivity index (χ0v) is 14.1. The number of para-hydroxylation sites is 1. The molecule has 0 heterocycles. The van der Waals surface area contributed by atoms with Gasteiger partial charge in [-0.15, -0.1) is 0 Å². The molecule has 2 aromatic carbocycles. The van der Waals surface area contributed by atoms with Crippen LogP contribution in [0, 0.1) is 11.8 Å². The van der Waals surface area contributed by atoms with Gasteiger partial charge in [-0.3, -0.25) is 9.59 Å². The molecule has 2 aromatic rings. The fourth-order valence-corrected chi connectivity index (χ4v) is 2.31. The number of carbonyl (C=O) groups excluding carboxylic acids is 2. The van der Waals surface area contributed by atoms with Gasteiger partial charge in [-0.1, -0.05) is 49.3 Å². The second-order valence-electron chi connectivity index (χ2n) is 5.54. The molecule has 0 unspecified atom stereocenters. The Morgan fingerprint density at radius 1 is 1.24 bits per heavy atom. The molecule has 0 aliphatic carbocycles. The molecule has 3 heteroatoms. The van der Waals surface area contributed by atoms with Crippen LogP contribution in [0.15, 0.2) is 67.3 Å². The highest BCUT2D eigenvalue weighted by Crippen LogP contribution is 2.23. The van der Waals surface area contributed by atoms with Crippen LogP contribution in [0.2, 0.25) is 0 Å². The Morgan fingerprint density at radius 2 is 2.00 bits per heavy atom. The number of hydrogen-bond acceptors (Lipinski definition) is 2. The number of hydrogen-bond donors (Lipinski definition) is 1. The number of amides is 1. The monoisotopic (exact) mass is 328 g/mol. The van der Waals surface area contributed by atoms with Gasteiger partial charge >= 0.3 is 0 Å². The standard InChI is InChI=1S/C22H18NO2/c1-4-21(25)23-22-19(9-6-10-20(22)15-24)14-18-8-5-7-17(13-18)12-11-16(2)3/h4-10,13H,1-2,14H2,3H3,(H,23,25). The summed E-state index contributed by atoms with van der Waals surface area (Å²) in [6.07, 6.45) is 3.58. The quantitative estimate of drug-likeness (QED) is 0.670. The van der Waals surface area contributed by atoms with Gasteiger partial charge in [0.25, 0.3) is 0 Å². The third-order valence-corrected chi connectivity index (χ3v) is 3.44. The predicted octanol–water partition coefficient (Wildman–Crippen LogP) is 3.79. The molecule has 0 saturated heterocycles. The minimum Gasteiger partial charge on any atom is -0.322 e. The van der Waals surface area contributed by atoms with Gasteiger partial charge in [-0.25, -0.2) is 0 Å². The van der Waals surface area contributed by atoms with E-state index < -0.39 is 0 Å². The third kappa shape index (κ3) is 5.05. The number of carbonyl (C=O) groups is 1. The van der Waals surface area contributed by atoms with Crippen molar-refractivity contribution >= 4 is 17.9 Å². The lowest BCUT2D eigenvalue weighted by atomic mass is 9.99. The van der Waals surface area contributed by atoms with Crippen molar-refractivity contribution in [2.45, 2.75) is 13.3 Å². The zero-order valence-electron chi connectivity index (χ0n) is 14.1. The van der Waals surface area contributed by atoms with E-state index in [4.69, 9.17) is 0 Å². The van der Waals surface area contributed by atoms with Crippen LogP contribution in [0.1, 0.15) is 29.2 Å². The predicted molar refractivity (Wildman–Crippen MR) is 101 cm³/mol. The molecule has 0 aromatic heterocycles. The van der Waals surface area contributed by atoms with Gasteiger partial charge in [0, 0.05) is 11.1 Å². The maximum atomic E-state index is 11.7. The molecular weight excluding hydrogens is 310 g/mol. The van der Waals surface area contributed by atoms with E-state index in [0.29, 0.717) is 17.7 Å². The molecule has 0 aliphatic heterocycles. The Labute approximate surface area is 148 Å². The van der Waals surface area contributed by atoms with E-state index in [-0.39, 0.29) is 5.91 Å². The van der Waals surface area contributed by atoms with Gasteiger partial charge in [0.15, 0.2) is 0 Å². The molecule has 0 saturated carbocycles. The largest absolute Gasteiger partial charge is 0.322 e. The molecule has 1 N–H and O–H groups in total. The normalized spacial score (nSPS) is 9.48. The fourth-order valence-electron chi connectivity index (χ4n) is 2.31. The van der Waals surface area contributed by atoms with Crippen molar-refractivity contribution in [1.29, 1.82) is 0 Å². The van der Waals surface area contributed by atoms with E-state index in [1.807, 2.05) is 43.5 Å². The van der Waals surface area contributed by atoms with Crippen molar-refractivity contribution in [3.8, 4) is 11.8 Å².